The zero-order chi connectivity index (χ0) is 15.2. The maximum absolute atomic E-state index is 12.0. The number of nitrogens with zero attached hydrogens (tertiary/aromatic N) is 3. The summed E-state index contributed by atoms with van der Waals surface area (Å²) in [6.07, 6.45) is 0. The summed E-state index contributed by atoms with van der Waals surface area (Å²) in [5, 5.41) is 5.66. The van der Waals surface area contributed by atoms with Crippen molar-refractivity contribution < 1.29 is 14.3 Å². The van der Waals surface area contributed by atoms with Gasteiger partial charge in [0.05, 0.1) is 13.2 Å². The van der Waals surface area contributed by atoms with Crippen LogP contribution in [0.3, 0.4) is 0 Å². The minimum absolute atomic E-state index is 0.0902. The lowest BCUT2D eigenvalue weighted by atomic mass is 10.2. The first-order valence-corrected chi connectivity index (χ1v) is 6.80. The highest BCUT2D eigenvalue weighted by molar-refractivity contribution is 5.85. The number of anilines is 2. The van der Waals surface area contributed by atoms with Crippen molar-refractivity contribution in [2.24, 2.45) is 0 Å². The van der Waals surface area contributed by atoms with Crippen LogP contribution in [-0.2, 0) is 20.9 Å². The standard InChI is InChI=1S/C13H21N5O3/c1-14-10-6-12(17-11(16-10)8-20-3)18-4-5-21-7-9(18)13(19)15-2/h6,9H,4-5,7-8H2,1-3H3,(H,15,19)(H,14,16,17). The lowest BCUT2D eigenvalue weighted by Crippen LogP contribution is -2.53. The second-order valence-corrected chi connectivity index (χ2v) is 4.61. The highest BCUT2D eigenvalue weighted by atomic mass is 16.5. The zero-order valence-corrected chi connectivity index (χ0v) is 12.5. The first kappa shape index (κ1) is 15.5. The van der Waals surface area contributed by atoms with E-state index in [0.717, 1.165) is 0 Å². The summed E-state index contributed by atoms with van der Waals surface area (Å²) in [6, 6.07) is 1.43. The van der Waals surface area contributed by atoms with Crippen LogP contribution in [0.2, 0.25) is 0 Å². The number of nitrogens with one attached hydrogen (secondary N) is 2. The number of aromatic nitrogens is 2. The lowest BCUT2D eigenvalue weighted by Gasteiger charge is -2.35. The van der Waals surface area contributed by atoms with Crippen molar-refractivity contribution in [1.82, 2.24) is 15.3 Å². The topological polar surface area (TPSA) is 88.6 Å². The molecule has 1 atom stereocenters. The molecule has 0 aliphatic carbocycles. The van der Waals surface area contributed by atoms with Crippen LogP contribution in [0, 0.1) is 0 Å². The van der Waals surface area contributed by atoms with Crippen LogP contribution in [0.1, 0.15) is 5.82 Å². The Labute approximate surface area is 123 Å². The number of hydrogen-bond acceptors (Lipinski definition) is 7. The molecule has 0 radical (unpaired) electrons. The highest BCUT2D eigenvalue weighted by Crippen LogP contribution is 2.21. The fourth-order valence-electron chi connectivity index (χ4n) is 2.21. The van der Waals surface area contributed by atoms with E-state index in [0.29, 0.717) is 43.8 Å². The summed E-state index contributed by atoms with van der Waals surface area (Å²) < 4.78 is 10.5. The Balaban J connectivity index is 2.32. The van der Waals surface area contributed by atoms with Crippen molar-refractivity contribution in [2.45, 2.75) is 12.6 Å². The Morgan fingerprint density at radius 2 is 2.33 bits per heavy atom. The third-order valence-electron chi connectivity index (χ3n) is 3.26. The molecule has 8 nitrogen and oxygen atoms in total. The molecule has 1 unspecified atom stereocenters. The van der Waals surface area contributed by atoms with Crippen LogP contribution in [0.5, 0.6) is 0 Å². The quantitative estimate of drug-likeness (QED) is 0.765. The van der Waals surface area contributed by atoms with Crippen LogP contribution < -0.4 is 15.5 Å². The second kappa shape index (κ2) is 7.19. The van der Waals surface area contributed by atoms with Gasteiger partial charge in [-0.1, -0.05) is 0 Å². The van der Waals surface area contributed by atoms with Gasteiger partial charge in [0.1, 0.15) is 24.3 Å². The number of carbonyl (C=O) groups is 1. The molecule has 1 amide bonds. The van der Waals surface area contributed by atoms with Crippen molar-refractivity contribution in [2.75, 3.05) is 51.2 Å². The zero-order valence-electron chi connectivity index (χ0n) is 12.5. The van der Waals surface area contributed by atoms with Gasteiger partial charge < -0.3 is 25.0 Å². The molecule has 0 spiro atoms. The second-order valence-electron chi connectivity index (χ2n) is 4.61. The minimum atomic E-state index is -0.390. The third kappa shape index (κ3) is 3.59. The third-order valence-corrected chi connectivity index (χ3v) is 3.26. The molecule has 0 saturated carbocycles. The molecule has 1 saturated heterocycles. The predicted octanol–water partition coefficient (Wildman–Crippen LogP) is -0.384. The molecule has 8 heteroatoms. The fraction of sp³-hybridized carbons (Fsp3) is 0.615. The molecule has 0 aromatic carbocycles. The van der Waals surface area contributed by atoms with Gasteiger partial charge in [0.25, 0.3) is 0 Å². The molecule has 1 aliphatic rings. The summed E-state index contributed by atoms with van der Waals surface area (Å²) in [5.74, 6) is 1.86. The number of hydrogen-bond donors (Lipinski definition) is 2. The van der Waals surface area contributed by atoms with E-state index in [9.17, 15) is 4.79 Å². The monoisotopic (exact) mass is 295 g/mol. The molecule has 0 bridgehead atoms. The average Bonchev–Trinajstić information content (AvgIpc) is 2.54. The van der Waals surface area contributed by atoms with Gasteiger partial charge in [-0.15, -0.1) is 0 Å². The van der Waals surface area contributed by atoms with E-state index in [1.54, 1.807) is 21.2 Å². The summed E-state index contributed by atoms with van der Waals surface area (Å²) in [5.41, 5.74) is 0. The molecule has 1 aromatic heterocycles. The van der Waals surface area contributed by atoms with Gasteiger partial charge in [-0.25, -0.2) is 9.97 Å². The van der Waals surface area contributed by atoms with E-state index in [1.165, 1.54) is 0 Å². The van der Waals surface area contributed by atoms with Crippen molar-refractivity contribution in [3.05, 3.63) is 11.9 Å². The van der Waals surface area contributed by atoms with Crippen LogP contribution in [0.4, 0.5) is 11.6 Å². The van der Waals surface area contributed by atoms with Crippen molar-refractivity contribution in [1.29, 1.82) is 0 Å². The lowest BCUT2D eigenvalue weighted by molar-refractivity contribution is -0.124. The minimum Gasteiger partial charge on any atom is -0.377 e. The Kier molecular flexibility index (Phi) is 5.29. The van der Waals surface area contributed by atoms with E-state index in [1.807, 2.05) is 11.0 Å². The van der Waals surface area contributed by atoms with Crippen LogP contribution in [-0.4, -0.2) is 62.9 Å². The number of morpholine rings is 1. The molecule has 2 rings (SSSR count). The van der Waals surface area contributed by atoms with Crippen molar-refractivity contribution in [3.63, 3.8) is 0 Å². The first-order chi connectivity index (χ1) is 10.2. The van der Waals surface area contributed by atoms with Crippen molar-refractivity contribution in [3.8, 4) is 0 Å². The van der Waals surface area contributed by atoms with E-state index in [4.69, 9.17) is 9.47 Å². The van der Waals surface area contributed by atoms with Crippen LogP contribution >= 0.6 is 0 Å². The molecule has 116 valence electrons. The maximum atomic E-state index is 12.0. The summed E-state index contributed by atoms with van der Waals surface area (Å²) in [4.78, 5) is 22.7. The summed E-state index contributed by atoms with van der Waals surface area (Å²) in [7, 11) is 5.00. The molecule has 2 N–H and O–H groups in total. The van der Waals surface area contributed by atoms with E-state index >= 15 is 0 Å². The molecular formula is C13H21N5O3. The highest BCUT2D eigenvalue weighted by Gasteiger charge is 2.30. The predicted molar refractivity (Wildman–Crippen MR) is 78.3 cm³/mol. The van der Waals surface area contributed by atoms with Gasteiger partial charge in [0.2, 0.25) is 5.91 Å². The summed E-state index contributed by atoms with van der Waals surface area (Å²) in [6.45, 7) is 1.83. The molecule has 2 heterocycles. The largest absolute Gasteiger partial charge is 0.377 e. The summed E-state index contributed by atoms with van der Waals surface area (Å²) >= 11 is 0. The molecular weight excluding hydrogens is 274 g/mol. The Morgan fingerprint density at radius 3 is 3.00 bits per heavy atom. The van der Waals surface area contributed by atoms with Gasteiger partial charge in [-0.05, 0) is 0 Å². The molecule has 21 heavy (non-hydrogen) atoms. The van der Waals surface area contributed by atoms with Gasteiger partial charge in [0.15, 0.2) is 5.82 Å². The molecule has 1 aromatic rings. The fourth-order valence-corrected chi connectivity index (χ4v) is 2.21. The number of carbonyl (C=O) groups excluding carboxylic acids is 1. The van der Waals surface area contributed by atoms with Gasteiger partial charge in [-0.3, -0.25) is 4.79 Å². The number of amides is 1. The first-order valence-electron chi connectivity index (χ1n) is 6.80. The molecule has 1 fully saturated rings. The Bertz CT molecular complexity index is 497. The van der Waals surface area contributed by atoms with E-state index < -0.39 is 6.04 Å². The smallest absolute Gasteiger partial charge is 0.244 e. The maximum Gasteiger partial charge on any atom is 0.244 e. The number of rotatable bonds is 5. The average molecular weight is 295 g/mol. The van der Waals surface area contributed by atoms with Crippen molar-refractivity contribution >= 4 is 17.5 Å². The van der Waals surface area contributed by atoms with Crippen LogP contribution in [0.25, 0.3) is 0 Å². The normalized spacial score (nSPS) is 18.4. The van der Waals surface area contributed by atoms with Gasteiger partial charge in [-0.2, -0.15) is 0 Å². The van der Waals surface area contributed by atoms with E-state index in [-0.39, 0.29) is 5.91 Å². The van der Waals surface area contributed by atoms with Gasteiger partial charge in [0, 0.05) is 33.8 Å². The number of ether oxygens (including phenoxy) is 2. The SMILES string of the molecule is CNC(=O)C1COCCN1c1cc(NC)nc(COC)n1. The Hall–Kier alpha value is -1.93. The number of methoxy groups -OCH3 is 1. The Morgan fingerprint density at radius 1 is 1.52 bits per heavy atom. The van der Waals surface area contributed by atoms with Gasteiger partial charge >= 0.3 is 0 Å². The van der Waals surface area contributed by atoms with Crippen LogP contribution in [0.15, 0.2) is 6.07 Å². The van der Waals surface area contributed by atoms with E-state index in [2.05, 4.69) is 20.6 Å². The number of likely N-dealkylation sites (N-methyl/N-ethyl adjacent to an activating group) is 1. The molecule has 1 aliphatic heterocycles.